The summed E-state index contributed by atoms with van der Waals surface area (Å²) in [6.07, 6.45) is 2.40. The van der Waals surface area contributed by atoms with Crippen LogP contribution in [0.15, 0.2) is 166 Å². The molecule has 318 valence electrons. The molecular weight excluding hydrogens is 821 g/mol. The van der Waals surface area contributed by atoms with Crippen molar-refractivity contribution in [1.29, 1.82) is 0 Å². The van der Waals surface area contributed by atoms with Crippen molar-refractivity contribution in [3.63, 3.8) is 0 Å². The summed E-state index contributed by atoms with van der Waals surface area (Å²) in [5.74, 6) is -4.83. The molecule has 6 atom stereocenters. The Morgan fingerprint density at radius 1 is 0.585 bits per heavy atom. The number of carbonyl (C=O) groups excluding carboxylic acids is 4. The molecule has 0 unspecified atom stereocenters. The lowest BCUT2D eigenvalue weighted by atomic mass is 9.57. The van der Waals surface area contributed by atoms with E-state index in [1.54, 1.807) is 60.7 Å². The average Bonchev–Trinajstić information content (AvgIpc) is 4.09. The Labute approximate surface area is 371 Å². The second-order valence-corrected chi connectivity index (χ2v) is 17.1. The van der Waals surface area contributed by atoms with Crippen LogP contribution < -0.4 is 14.5 Å². The molecule has 2 aliphatic carbocycles. The van der Waals surface area contributed by atoms with Gasteiger partial charge >= 0.3 is 0 Å². The minimum atomic E-state index is -0.886. The molecule has 4 amide bonds. The number of hydrogen-bond acceptors (Lipinski definition) is 10. The quantitative estimate of drug-likeness (QED) is 0.115. The van der Waals surface area contributed by atoms with Crippen LogP contribution in [0.2, 0.25) is 0 Å². The van der Waals surface area contributed by atoms with Gasteiger partial charge in [-0.1, -0.05) is 72.3 Å². The molecule has 3 fully saturated rings. The van der Waals surface area contributed by atoms with Crippen molar-refractivity contribution >= 4 is 57.2 Å². The Hall–Kier alpha value is -8.12. The molecule has 12 rings (SSSR count). The zero-order chi connectivity index (χ0) is 43.9. The third-order valence-electron chi connectivity index (χ3n) is 13.6. The summed E-state index contributed by atoms with van der Waals surface area (Å²) < 4.78 is 18.0. The Balaban J connectivity index is 0.881. The molecule has 4 aliphatic rings. The molecule has 1 N–H and O–H groups in total. The predicted molar refractivity (Wildman–Crippen MR) is 240 cm³/mol. The summed E-state index contributed by atoms with van der Waals surface area (Å²) in [4.78, 5) is 70.4. The van der Waals surface area contributed by atoms with Crippen molar-refractivity contribution in [2.45, 2.75) is 25.4 Å². The molecular formula is C53H38N4O8. The fraction of sp³-hybridized carbons (Fsp3) is 0.170. The maximum atomic E-state index is 14.9. The fourth-order valence-corrected chi connectivity index (χ4v) is 10.6. The van der Waals surface area contributed by atoms with Crippen molar-refractivity contribution in [2.24, 2.45) is 29.6 Å². The monoisotopic (exact) mass is 858 g/mol. The number of aromatic hydroxyl groups is 1. The van der Waals surface area contributed by atoms with Gasteiger partial charge in [0.1, 0.15) is 29.1 Å². The van der Waals surface area contributed by atoms with Crippen molar-refractivity contribution in [1.82, 2.24) is 9.97 Å². The van der Waals surface area contributed by atoms with E-state index in [0.29, 0.717) is 62.3 Å². The Morgan fingerprint density at radius 3 is 1.72 bits per heavy atom. The number of hydrogen-bond donors (Lipinski definition) is 1. The van der Waals surface area contributed by atoms with Gasteiger partial charge in [0, 0.05) is 28.7 Å². The van der Waals surface area contributed by atoms with Gasteiger partial charge in [-0.15, -0.1) is 0 Å². The number of carbonyl (C=O) groups is 4. The van der Waals surface area contributed by atoms with Crippen LogP contribution in [0.1, 0.15) is 29.9 Å². The van der Waals surface area contributed by atoms with Crippen LogP contribution in [0.25, 0.3) is 45.1 Å². The number of phenolic OH excluding ortho intramolecular Hbond substituents is 1. The lowest BCUT2D eigenvalue weighted by Crippen LogP contribution is -2.43. The number of rotatable bonds is 8. The molecule has 8 aromatic rings. The zero-order valence-corrected chi connectivity index (χ0v) is 34.6. The van der Waals surface area contributed by atoms with E-state index < -0.39 is 47.3 Å². The van der Waals surface area contributed by atoms with E-state index in [1.807, 2.05) is 84.9 Å². The number of ether oxygens (including phenoxy) is 1. The third-order valence-corrected chi connectivity index (χ3v) is 13.6. The molecule has 12 nitrogen and oxygen atoms in total. The van der Waals surface area contributed by atoms with Gasteiger partial charge in [0.2, 0.25) is 35.4 Å². The van der Waals surface area contributed by atoms with Crippen molar-refractivity contribution in [3.8, 4) is 34.4 Å². The molecule has 1 saturated carbocycles. The standard InChI is InChI=1S/C53H38N4O8/c58-42-26-34(63-28-29-8-2-1-3-9-29)22-23-36(42)45-35-24-25-37-46(52(61)56(50(37)59)32-18-14-30(15-19-32)48-54-40-10-4-6-12-43(40)64-48)38(35)27-39-47(45)53(62)57(51(39)60)33-20-16-31(17-21-33)49-55-41-11-5-7-13-44(41)65-49/h1-24,26,37-39,45-47,58H,25,27-28H2/t37-,38+,39+,45+,46-,47+/m0/s1. The Morgan fingerprint density at radius 2 is 1.14 bits per heavy atom. The minimum Gasteiger partial charge on any atom is -0.508 e. The number of aromatic nitrogens is 2. The lowest BCUT2D eigenvalue weighted by molar-refractivity contribution is -0.126. The van der Waals surface area contributed by atoms with E-state index >= 15 is 0 Å². The van der Waals surface area contributed by atoms with Gasteiger partial charge in [-0.2, -0.15) is 0 Å². The van der Waals surface area contributed by atoms with Crippen molar-refractivity contribution in [2.75, 3.05) is 9.80 Å². The molecule has 2 aliphatic heterocycles. The first-order chi connectivity index (χ1) is 31.8. The second-order valence-electron chi connectivity index (χ2n) is 17.1. The minimum absolute atomic E-state index is 0.0983. The zero-order valence-electron chi connectivity index (χ0n) is 34.6. The van der Waals surface area contributed by atoms with Crippen LogP contribution in [-0.2, 0) is 25.8 Å². The van der Waals surface area contributed by atoms with Gasteiger partial charge in [0.05, 0.1) is 35.0 Å². The van der Waals surface area contributed by atoms with Gasteiger partial charge < -0.3 is 18.7 Å². The molecule has 2 saturated heterocycles. The molecule has 0 bridgehead atoms. The highest BCUT2D eigenvalue weighted by Crippen LogP contribution is 2.59. The first-order valence-electron chi connectivity index (χ1n) is 21.7. The summed E-state index contributed by atoms with van der Waals surface area (Å²) in [5.41, 5.74) is 7.07. The normalized spacial score (nSPS) is 22.6. The van der Waals surface area contributed by atoms with Crippen LogP contribution in [0.5, 0.6) is 11.5 Å². The topological polar surface area (TPSA) is 156 Å². The van der Waals surface area contributed by atoms with Gasteiger partial charge in [-0.25, -0.2) is 9.97 Å². The number of para-hydroxylation sites is 4. The first-order valence-corrected chi connectivity index (χ1v) is 21.7. The molecule has 0 radical (unpaired) electrons. The summed E-state index contributed by atoms with van der Waals surface area (Å²) >= 11 is 0. The molecule has 65 heavy (non-hydrogen) atoms. The number of fused-ring (bicyclic) bond motifs is 6. The van der Waals surface area contributed by atoms with Gasteiger partial charge in [0.15, 0.2) is 11.2 Å². The Bertz CT molecular complexity index is 3200. The summed E-state index contributed by atoms with van der Waals surface area (Å²) in [6.45, 7) is 0.281. The van der Waals surface area contributed by atoms with Crippen LogP contribution >= 0.6 is 0 Å². The predicted octanol–water partition coefficient (Wildman–Crippen LogP) is 9.63. The fourth-order valence-electron chi connectivity index (χ4n) is 10.6. The summed E-state index contributed by atoms with van der Waals surface area (Å²) in [7, 11) is 0. The number of imide groups is 2. The smallest absolute Gasteiger partial charge is 0.238 e. The van der Waals surface area contributed by atoms with E-state index in [0.717, 1.165) is 16.7 Å². The highest BCUT2D eigenvalue weighted by atomic mass is 16.5. The molecule has 12 heteroatoms. The van der Waals surface area contributed by atoms with Crippen LogP contribution in [0.4, 0.5) is 11.4 Å². The van der Waals surface area contributed by atoms with E-state index in [4.69, 9.17) is 13.6 Å². The van der Waals surface area contributed by atoms with Crippen LogP contribution in [0.3, 0.4) is 0 Å². The number of phenols is 1. The number of amides is 4. The summed E-state index contributed by atoms with van der Waals surface area (Å²) in [5, 5.41) is 11.8. The number of oxazole rings is 2. The maximum absolute atomic E-state index is 14.9. The summed E-state index contributed by atoms with van der Waals surface area (Å²) in [6, 6.07) is 43.6. The van der Waals surface area contributed by atoms with Gasteiger partial charge in [-0.3, -0.25) is 29.0 Å². The number of nitrogens with zero attached hydrogens (tertiary/aromatic N) is 4. The average molecular weight is 859 g/mol. The van der Waals surface area contributed by atoms with E-state index in [9.17, 15) is 24.3 Å². The highest BCUT2D eigenvalue weighted by molar-refractivity contribution is 6.24. The van der Waals surface area contributed by atoms with E-state index in [2.05, 4.69) is 9.97 Å². The van der Waals surface area contributed by atoms with Crippen LogP contribution in [-0.4, -0.2) is 38.7 Å². The van der Waals surface area contributed by atoms with Crippen molar-refractivity contribution in [3.05, 3.63) is 168 Å². The molecule has 2 aromatic heterocycles. The molecule has 4 heterocycles. The largest absolute Gasteiger partial charge is 0.508 e. The SMILES string of the molecule is O=C1[C@H]2[C@H](CC=C3[C@H]2C[C@H]2C(=O)N(c4ccc(-c5nc6ccccc6o5)cc4)C(=O)[C@H]2[C@H]3c2ccc(OCc3ccccc3)cc2O)C(=O)N1c1ccc(-c2nc3ccccc3o2)cc1. The first kappa shape index (κ1) is 38.5. The van der Waals surface area contributed by atoms with E-state index in [1.165, 1.54) is 15.9 Å². The highest BCUT2D eigenvalue weighted by Gasteiger charge is 2.62. The van der Waals surface area contributed by atoms with Crippen LogP contribution in [0, 0.1) is 29.6 Å². The van der Waals surface area contributed by atoms with Crippen molar-refractivity contribution < 1.29 is 37.9 Å². The number of benzene rings is 6. The third kappa shape index (κ3) is 6.27. The van der Waals surface area contributed by atoms with Gasteiger partial charge in [-0.05, 0) is 103 Å². The Kier molecular flexibility index (Phi) is 8.90. The lowest BCUT2D eigenvalue weighted by Gasteiger charge is -2.44. The maximum Gasteiger partial charge on any atom is 0.238 e. The molecule has 6 aromatic carbocycles. The number of anilines is 2. The van der Waals surface area contributed by atoms with E-state index in [-0.39, 0.29) is 37.0 Å². The van der Waals surface area contributed by atoms with Gasteiger partial charge in [0.25, 0.3) is 0 Å². The number of allylic oxidation sites excluding steroid dienone is 2. The molecule has 0 spiro atoms. The second kappa shape index (κ2) is 15.0.